The molecule has 0 aliphatic carbocycles. The van der Waals surface area contributed by atoms with Crippen molar-refractivity contribution in [1.82, 2.24) is 19.7 Å². The third kappa shape index (κ3) is 1.50. The summed E-state index contributed by atoms with van der Waals surface area (Å²) in [7, 11) is 1.85. The molecule has 0 bridgehead atoms. The van der Waals surface area contributed by atoms with Gasteiger partial charge in [0.25, 0.3) is 5.89 Å². The first-order chi connectivity index (χ1) is 6.81. The first kappa shape index (κ1) is 8.85. The number of nitrogens with two attached hydrogens (primary N) is 1. The van der Waals surface area contributed by atoms with E-state index in [4.69, 9.17) is 10.4 Å². The lowest BCUT2D eigenvalue weighted by molar-refractivity contribution is 0.0996. The molecule has 2 N–H and O–H groups in total. The maximum atomic E-state index is 4.88. The van der Waals surface area contributed by atoms with Gasteiger partial charge in [0.15, 0.2) is 0 Å². The highest BCUT2D eigenvalue weighted by Gasteiger charge is 2.10. The molecule has 0 amide bonds. The normalized spacial score (nSPS) is 10.7. The average molecular weight is 195 g/mol. The van der Waals surface area contributed by atoms with Crippen LogP contribution in [-0.2, 0) is 18.5 Å². The van der Waals surface area contributed by atoms with Crippen molar-refractivity contribution in [2.45, 2.75) is 6.61 Å². The van der Waals surface area contributed by atoms with E-state index in [1.54, 1.807) is 17.1 Å². The Hall–Kier alpha value is -1.73. The van der Waals surface area contributed by atoms with E-state index in [-0.39, 0.29) is 6.61 Å². The van der Waals surface area contributed by atoms with Crippen molar-refractivity contribution < 1.29 is 9.36 Å². The van der Waals surface area contributed by atoms with Crippen LogP contribution in [0, 0.1) is 0 Å². The zero-order valence-electron chi connectivity index (χ0n) is 7.54. The van der Waals surface area contributed by atoms with Crippen molar-refractivity contribution in [3.63, 3.8) is 0 Å². The van der Waals surface area contributed by atoms with Crippen LogP contribution in [0.15, 0.2) is 17.0 Å². The molecule has 0 aromatic carbocycles. The number of hydrogen-bond donors (Lipinski definition) is 1. The number of rotatable bonds is 3. The van der Waals surface area contributed by atoms with Crippen LogP contribution in [0.5, 0.6) is 0 Å². The Morgan fingerprint density at radius 2 is 2.50 bits per heavy atom. The van der Waals surface area contributed by atoms with Crippen LogP contribution in [0.25, 0.3) is 11.5 Å². The third-order valence-corrected chi connectivity index (χ3v) is 1.72. The van der Waals surface area contributed by atoms with Crippen molar-refractivity contribution in [2.75, 3.05) is 0 Å². The van der Waals surface area contributed by atoms with Crippen molar-refractivity contribution in [2.24, 2.45) is 12.9 Å². The van der Waals surface area contributed by atoms with E-state index >= 15 is 0 Å². The van der Waals surface area contributed by atoms with Gasteiger partial charge in [-0.2, -0.15) is 4.98 Å². The van der Waals surface area contributed by atoms with E-state index in [9.17, 15) is 0 Å². The van der Waals surface area contributed by atoms with Gasteiger partial charge >= 0.3 is 0 Å². The minimum absolute atomic E-state index is 0.102. The maximum absolute atomic E-state index is 4.88. The van der Waals surface area contributed by atoms with Crippen molar-refractivity contribution in [3.8, 4) is 11.5 Å². The fourth-order valence-electron chi connectivity index (χ4n) is 1.06. The van der Waals surface area contributed by atoms with E-state index in [1.807, 2.05) is 7.05 Å². The molecule has 2 aromatic rings. The number of imidazole rings is 1. The molecule has 0 atom stereocenters. The highest BCUT2D eigenvalue weighted by molar-refractivity contribution is 5.46. The summed E-state index contributed by atoms with van der Waals surface area (Å²) in [6.07, 6.45) is 3.31. The van der Waals surface area contributed by atoms with E-state index in [0.29, 0.717) is 11.7 Å². The molecule has 0 radical (unpaired) electrons. The lowest BCUT2D eigenvalue weighted by Crippen LogP contribution is -1.99. The summed E-state index contributed by atoms with van der Waals surface area (Å²) >= 11 is 0. The second-order valence-corrected chi connectivity index (χ2v) is 2.71. The van der Waals surface area contributed by atoms with E-state index < -0.39 is 0 Å². The van der Waals surface area contributed by atoms with Crippen LogP contribution in [-0.4, -0.2) is 19.7 Å². The fourth-order valence-corrected chi connectivity index (χ4v) is 1.06. The highest BCUT2D eigenvalue weighted by Crippen LogP contribution is 2.13. The number of aryl methyl sites for hydroxylation is 1. The summed E-state index contributed by atoms with van der Waals surface area (Å²) < 4.78 is 6.67. The molecule has 74 valence electrons. The number of aromatic nitrogens is 4. The summed E-state index contributed by atoms with van der Waals surface area (Å²) in [5, 5.41) is 3.76. The molecule has 0 unspecified atom stereocenters. The van der Waals surface area contributed by atoms with Gasteiger partial charge in [-0.25, -0.2) is 10.9 Å². The maximum Gasteiger partial charge on any atom is 0.255 e. The van der Waals surface area contributed by atoms with E-state index in [0.717, 1.165) is 5.69 Å². The Morgan fingerprint density at radius 1 is 1.64 bits per heavy atom. The summed E-state index contributed by atoms with van der Waals surface area (Å²) in [5.41, 5.74) is 0.775. The molecule has 0 aliphatic heterocycles. The highest BCUT2D eigenvalue weighted by atomic mass is 16.6. The molecule has 0 fully saturated rings. The minimum atomic E-state index is 0.102. The van der Waals surface area contributed by atoms with Gasteiger partial charge in [-0.1, -0.05) is 5.16 Å². The molecule has 0 saturated carbocycles. The van der Waals surface area contributed by atoms with Crippen LogP contribution >= 0.6 is 0 Å². The van der Waals surface area contributed by atoms with E-state index in [1.165, 1.54) is 0 Å². The quantitative estimate of drug-likeness (QED) is 0.685. The molecule has 2 aromatic heterocycles. The summed E-state index contributed by atoms with van der Waals surface area (Å²) in [4.78, 5) is 12.4. The third-order valence-electron chi connectivity index (χ3n) is 1.72. The van der Waals surface area contributed by atoms with Gasteiger partial charge < -0.3 is 9.09 Å². The first-order valence-electron chi connectivity index (χ1n) is 3.92. The predicted molar refractivity (Wildman–Crippen MR) is 45.5 cm³/mol. The number of nitrogens with zero attached hydrogens (tertiary/aromatic N) is 4. The molecule has 0 saturated heterocycles. The van der Waals surface area contributed by atoms with Gasteiger partial charge in [0.1, 0.15) is 12.3 Å². The average Bonchev–Trinajstić information content (AvgIpc) is 2.74. The predicted octanol–water partition coefficient (Wildman–Crippen LogP) is -0.140. The number of hydrogen-bond acceptors (Lipinski definition) is 6. The standard InChI is InChI=1S/C7H9N5O2/c1-12-4-9-2-5(12)7-10-6(3-13-8)14-11-7/h2,4H,3,8H2,1H3. The Kier molecular flexibility index (Phi) is 2.25. The van der Waals surface area contributed by atoms with Crippen molar-refractivity contribution >= 4 is 0 Å². The van der Waals surface area contributed by atoms with Crippen molar-refractivity contribution in [3.05, 3.63) is 18.4 Å². The van der Waals surface area contributed by atoms with Gasteiger partial charge in [-0.3, -0.25) is 4.84 Å². The molecule has 7 heteroatoms. The lowest BCUT2D eigenvalue weighted by Gasteiger charge is -1.92. The summed E-state index contributed by atoms with van der Waals surface area (Å²) in [6.45, 7) is 0.102. The van der Waals surface area contributed by atoms with Crippen LogP contribution in [0.3, 0.4) is 0 Å². The Balaban J connectivity index is 2.29. The SMILES string of the molecule is Cn1cncc1-c1noc(CON)n1. The molecule has 2 rings (SSSR count). The van der Waals surface area contributed by atoms with Crippen LogP contribution in [0.4, 0.5) is 0 Å². The van der Waals surface area contributed by atoms with Gasteiger partial charge in [-0.15, -0.1) is 0 Å². The van der Waals surface area contributed by atoms with Gasteiger partial charge in [0.2, 0.25) is 5.82 Å². The summed E-state index contributed by atoms with van der Waals surface area (Å²) in [5.74, 6) is 5.68. The summed E-state index contributed by atoms with van der Waals surface area (Å²) in [6, 6.07) is 0. The molecular weight excluding hydrogens is 186 g/mol. The molecule has 0 spiro atoms. The Bertz CT molecular complexity index is 421. The Labute approximate surface area is 79.4 Å². The fraction of sp³-hybridized carbons (Fsp3) is 0.286. The Morgan fingerprint density at radius 3 is 3.14 bits per heavy atom. The minimum Gasteiger partial charge on any atom is -0.336 e. The zero-order valence-corrected chi connectivity index (χ0v) is 7.54. The molecule has 0 aliphatic rings. The van der Waals surface area contributed by atoms with Gasteiger partial charge in [0.05, 0.1) is 12.5 Å². The van der Waals surface area contributed by atoms with Gasteiger partial charge in [0, 0.05) is 7.05 Å². The largest absolute Gasteiger partial charge is 0.336 e. The molecular formula is C7H9N5O2. The lowest BCUT2D eigenvalue weighted by atomic mass is 10.4. The van der Waals surface area contributed by atoms with Gasteiger partial charge in [-0.05, 0) is 0 Å². The molecule has 2 heterocycles. The topological polar surface area (TPSA) is 92.0 Å². The monoisotopic (exact) mass is 195 g/mol. The zero-order chi connectivity index (χ0) is 9.97. The van der Waals surface area contributed by atoms with Crippen LogP contribution in [0.2, 0.25) is 0 Å². The first-order valence-corrected chi connectivity index (χ1v) is 3.92. The molecule has 14 heavy (non-hydrogen) atoms. The van der Waals surface area contributed by atoms with Crippen LogP contribution in [0.1, 0.15) is 5.89 Å². The second kappa shape index (κ2) is 3.56. The van der Waals surface area contributed by atoms with Crippen molar-refractivity contribution in [1.29, 1.82) is 0 Å². The van der Waals surface area contributed by atoms with Crippen LogP contribution < -0.4 is 5.90 Å². The molecule has 7 nitrogen and oxygen atoms in total. The van der Waals surface area contributed by atoms with E-state index in [2.05, 4.69) is 20.0 Å². The smallest absolute Gasteiger partial charge is 0.255 e. The second-order valence-electron chi connectivity index (χ2n) is 2.71.